The van der Waals surface area contributed by atoms with E-state index in [9.17, 15) is 10.1 Å². The topological polar surface area (TPSA) is 118 Å². The Labute approximate surface area is 188 Å². The predicted molar refractivity (Wildman–Crippen MR) is 113 cm³/mol. The van der Waals surface area contributed by atoms with Gasteiger partial charge in [-0.2, -0.15) is 5.26 Å². The van der Waals surface area contributed by atoms with Crippen LogP contribution < -0.4 is 10.6 Å². The van der Waals surface area contributed by atoms with Gasteiger partial charge in [-0.05, 0) is 17.7 Å². The largest absolute Gasteiger partial charge is 0.442 e. The summed E-state index contributed by atoms with van der Waals surface area (Å²) in [5.74, 6) is 0.117. The van der Waals surface area contributed by atoms with Gasteiger partial charge in [0, 0.05) is 48.4 Å². The van der Waals surface area contributed by atoms with Crippen LogP contribution in [-0.4, -0.2) is 45.3 Å². The second-order valence-electron chi connectivity index (χ2n) is 8.68. The smallest absolute Gasteiger partial charge is 0.408 e. The molecule has 1 aliphatic carbocycles. The molecule has 6 rings (SSSR count). The SMILES string of the molecule is N#C[C@]1(c2ccc(-c3c(F)cccc3C3NC(=O)OC3Cn3ccnn3)cn2)[C@@H]2CNC[C@@H]21. The highest BCUT2D eigenvalue weighted by Crippen LogP contribution is 2.60. The highest BCUT2D eigenvalue weighted by atomic mass is 19.1. The minimum Gasteiger partial charge on any atom is -0.442 e. The molecule has 166 valence electrons. The van der Waals surface area contributed by atoms with Crippen LogP contribution in [0.15, 0.2) is 48.9 Å². The molecule has 3 aromatic rings. The second-order valence-corrected chi connectivity index (χ2v) is 8.68. The average Bonchev–Trinajstić information content (AvgIpc) is 3.35. The van der Waals surface area contributed by atoms with Crippen molar-refractivity contribution in [1.82, 2.24) is 30.6 Å². The molecule has 4 heterocycles. The van der Waals surface area contributed by atoms with Crippen molar-refractivity contribution in [3.63, 3.8) is 0 Å². The molecule has 3 aliphatic rings. The lowest BCUT2D eigenvalue weighted by molar-refractivity contribution is 0.117. The summed E-state index contributed by atoms with van der Waals surface area (Å²) in [7, 11) is 0. The summed E-state index contributed by atoms with van der Waals surface area (Å²) in [6.45, 7) is 1.90. The van der Waals surface area contributed by atoms with E-state index < -0.39 is 29.5 Å². The normalized spacial score (nSPS) is 29.8. The lowest BCUT2D eigenvalue weighted by Gasteiger charge is -2.21. The van der Waals surface area contributed by atoms with Crippen LogP contribution in [0, 0.1) is 29.0 Å². The Hall–Kier alpha value is -3.84. The maximum Gasteiger partial charge on any atom is 0.408 e. The van der Waals surface area contributed by atoms with Crippen LogP contribution in [0.5, 0.6) is 0 Å². The number of nitriles is 1. The lowest BCUT2D eigenvalue weighted by atomic mass is 9.91. The summed E-state index contributed by atoms with van der Waals surface area (Å²) in [5, 5.41) is 23.7. The number of pyridine rings is 1. The van der Waals surface area contributed by atoms with Crippen LogP contribution in [0.2, 0.25) is 0 Å². The summed E-state index contributed by atoms with van der Waals surface area (Å²) in [6, 6.07) is 10.3. The molecule has 2 aliphatic heterocycles. The van der Waals surface area contributed by atoms with E-state index in [-0.39, 0.29) is 18.4 Å². The zero-order valence-electron chi connectivity index (χ0n) is 17.5. The number of carbonyl (C=O) groups excluding carboxylic acids is 1. The van der Waals surface area contributed by atoms with E-state index in [2.05, 4.69) is 32.0 Å². The van der Waals surface area contributed by atoms with Crippen LogP contribution in [0.25, 0.3) is 11.1 Å². The van der Waals surface area contributed by atoms with Gasteiger partial charge in [0.2, 0.25) is 0 Å². The Balaban J connectivity index is 1.35. The zero-order chi connectivity index (χ0) is 22.6. The number of piperidine rings is 1. The number of benzene rings is 1. The van der Waals surface area contributed by atoms with E-state index in [4.69, 9.17) is 4.74 Å². The fraction of sp³-hybridized carbons (Fsp3) is 0.348. The highest BCUT2D eigenvalue weighted by molar-refractivity contribution is 5.74. The first-order valence-electron chi connectivity index (χ1n) is 10.8. The van der Waals surface area contributed by atoms with Crippen molar-refractivity contribution >= 4 is 6.09 Å². The van der Waals surface area contributed by atoms with Crippen LogP contribution in [0.4, 0.5) is 9.18 Å². The first kappa shape index (κ1) is 19.8. The van der Waals surface area contributed by atoms with Crippen molar-refractivity contribution in [2.75, 3.05) is 13.1 Å². The molecule has 3 fully saturated rings. The molecular weight excluding hydrogens is 425 g/mol. The molecule has 1 aromatic carbocycles. The molecule has 2 unspecified atom stereocenters. The molecule has 1 amide bonds. The Morgan fingerprint density at radius 1 is 1.27 bits per heavy atom. The standard InChI is InChI=1S/C23H20FN7O2/c24-17-3-1-2-14(21-18(33-22(32)29-21)11-31-7-6-28-30-31)20(17)13-4-5-19(27-8-13)23(12-25)15-9-26-10-16(15)23/h1-8,15-16,18,21,26H,9-11H2,(H,29,32)/t15-,16+,18?,21?,23+. The van der Waals surface area contributed by atoms with Crippen molar-refractivity contribution in [3.8, 4) is 17.2 Å². The number of alkyl carbamates (subject to hydrolysis) is 1. The molecule has 9 nitrogen and oxygen atoms in total. The van der Waals surface area contributed by atoms with Gasteiger partial charge in [0.1, 0.15) is 17.3 Å². The number of fused-ring (bicyclic) bond motifs is 1. The number of nitrogens with zero attached hydrogens (tertiary/aromatic N) is 5. The number of cyclic esters (lactones) is 1. The van der Waals surface area contributed by atoms with E-state index >= 15 is 4.39 Å². The van der Waals surface area contributed by atoms with Gasteiger partial charge in [0.05, 0.1) is 30.5 Å². The van der Waals surface area contributed by atoms with Gasteiger partial charge in [-0.3, -0.25) is 4.98 Å². The molecule has 1 saturated carbocycles. The number of amides is 1. The summed E-state index contributed by atoms with van der Waals surface area (Å²) in [6.07, 6.45) is 3.66. The van der Waals surface area contributed by atoms with Crippen molar-refractivity contribution in [2.45, 2.75) is 24.1 Å². The zero-order valence-corrected chi connectivity index (χ0v) is 17.5. The maximum absolute atomic E-state index is 15.1. The number of halogens is 1. The van der Waals surface area contributed by atoms with E-state index in [0.29, 0.717) is 16.7 Å². The minimum atomic E-state index is -0.591. The van der Waals surface area contributed by atoms with Crippen LogP contribution >= 0.6 is 0 Å². The van der Waals surface area contributed by atoms with Gasteiger partial charge in [0.25, 0.3) is 0 Å². The predicted octanol–water partition coefficient (Wildman–Crippen LogP) is 1.94. The Morgan fingerprint density at radius 2 is 2.12 bits per heavy atom. The summed E-state index contributed by atoms with van der Waals surface area (Å²) in [4.78, 5) is 16.7. The summed E-state index contributed by atoms with van der Waals surface area (Å²) in [5.41, 5.74) is 1.68. The summed E-state index contributed by atoms with van der Waals surface area (Å²) < 4.78 is 22.1. The second kappa shape index (κ2) is 7.35. The molecule has 10 heteroatoms. The van der Waals surface area contributed by atoms with E-state index in [1.54, 1.807) is 35.3 Å². The third-order valence-electron chi connectivity index (χ3n) is 7.06. The number of ether oxygens (including phenoxy) is 1. The van der Waals surface area contributed by atoms with Gasteiger partial charge in [-0.25, -0.2) is 13.9 Å². The number of nitrogens with one attached hydrogen (secondary N) is 2. The van der Waals surface area contributed by atoms with Crippen LogP contribution in [-0.2, 0) is 16.7 Å². The molecule has 0 spiro atoms. The third kappa shape index (κ3) is 3.00. The van der Waals surface area contributed by atoms with E-state index in [1.165, 1.54) is 12.3 Å². The average molecular weight is 445 g/mol. The third-order valence-corrected chi connectivity index (χ3v) is 7.06. The van der Waals surface area contributed by atoms with Crippen LogP contribution in [0.3, 0.4) is 0 Å². The van der Waals surface area contributed by atoms with Crippen molar-refractivity contribution < 1.29 is 13.9 Å². The van der Waals surface area contributed by atoms with Crippen molar-refractivity contribution in [2.24, 2.45) is 11.8 Å². The van der Waals surface area contributed by atoms with Crippen molar-refractivity contribution in [1.29, 1.82) is 5.26 Å². The van der Waals surface area contributed by atoms with Crippen LogP contribution in [0.1, 0.15) is 17.3 Å². The molecular formula is C23H20FN7O2. The van der Waals surface area contributed by atoms with Gasteiger partial charge in [-0.15, -0.1) is 5.10 Å². The summed E-state index contributed by atoms with van der Waals surface area (Å²) >= 11 is 0. The molecule has 33 heavy (non-hydrogen) atoms. The fourth-order valence-electron chi connectivity index (χ4n) is 5.43. The first-order chi connectivity index (χ1) is 16.1. The quantitative estimate of drug-likeness (QED) is 0.616. The van der Waals surface area contributed by atoms with Crippen molar-refractivity contribution in [3.05, 3.63) is 66.0 Å². The number of carbonyl (C=O) groups is 1. The first-order valence-corrected chi connectivity index (χ1v) is 10.8. The number of rotatable bonds is 5. The van der Waals surface area contributed by atoms with Gasteiger partial charge >= 0.3 is 6.09 Å². The monoisotopic (exact) mass is 445 g/mol. The molecule has 0 bridgehead atoms. The van der Waals surface area contributed by atoms with E-state index in [0.717, 1.165) is 18.8 Å². The number of hydrogen-bond acceptors (Lipinski definition) is 7. The molecule has 2 aromatic heterocycles. The molecule has 2 N–H and O–H groups in total. The number of hydrogen-bond donors (Lipinski definition) is 2. The Kier molecular flexibility index (Phi) is 4.41. The van der Waals surface area contributed by atoms with Gasteiger partial charge < -0.3 is 15.4 Å². The van der Waals surface area contributed by atoms with E-state index in [1.807, 2.05) is 6.07 Å². The number of aromatic nitrogens is 4. The molecule has 5 atom stereocenters. The maximum atomic E-state index is 15.1. The Morgan fingerprint density at radius 3 is 2.82 bits per heavy atom. The van der Waals surface area contributed by atoms with Gasteiger partial charge in [0.15, 0.2) is 0 Å². The fourth-order valence-corrected chi connectivity index (χ4v) is 5.43. The lowest BCUT2D eigenvalue weighted by Crippen LogP contribution is -2.27. The Bertz CT molecular complexity index is 1240. The minimum absolute atomic E-state index is 0.272. The van der Waals surface area contributed by atoms with Gasteiger partial charge in [-0.1, -0.05) is 23.4 Å². The molecule has 0 radical (unpaired) electrons. The highest BCUT2D eigenvalue weighted by Gasteiger charge is 2.69. The molecule has 2 saturated heterocycles.